The highest BCUT2D eigenvalue weighted by molar-refractivity contribution is 6.33. The maximum atomic E-state index is 12.8. The van der Waals surface area contributed by atoms with Crippen LogP contribution in [0.15, 0.2) is 22.7 Å². The summed E-state index contributed by atoms with van der Waals surface area (Å²) in [5.41, 5.74) is 7.47. The van der Waals surface area contributed by atoms with E-state index in [-0.39, 0.29) is 30.7 Å². The Morgan fingerprint density at radius 1 is 1.26 bits per heavy atom. The molecule has 150 valence electrons. The molecule has 2 heterocycles. The van der Waals surface area contributed by atoms with E-state index in [1.165, 1.54) is 7.11 Å². The van der Waals surface area contributed by atoms with Gasteiger partial charge in [-0.1, -0.05) is 16.8 Å². The molecule has 0 unspecified atom stereocenters. The van der Waals surface area contributed by atoms with E-state index in [2.05, 4.69) is 10.1 Å². The lowest BCUT2D eigenvalue weighted by Crippen LogP contribution is -2.48. The molecule has 27 heavy (non-hydrogen) atoms. The van der Waals surface area contributed by atoms with Gasteiger partial charge in [0.1, 0.15) is 5.75 Å². The molecule has 10 heteroatoms. The van der Waals surface area contributed by atoms with Crippen LogP contribution in [0.3, 0.4) is 0 Å². The van der Waals surface area contributed by atoms with Gasteiger partial charge in [-0.15, -0.1) is 24.8 Å². The lowest BCUT2D eigenvalue weighted by atomic mass is 10.1. The molecule has 1 amide bonds. The number of halogens is 3. The second-order valence-electron chi connectivity index (χ2n) is 6.08. The zero-order chi connectivity index (χ0) is 18.0. The number of aryl methyl sites for hydroxylation is 1. The van der Waals surface area contributed by atoms with Crippen molar-refractivity contribution in [3.8, 4) is 5.75 Å². The molecule has 0 aliphatic carbocycles. The number of anilines is 1. The highest BCUT2D eigenvalue weighted by atomic mass is 35.5. The van der Waals surface area contributed by atoms with Gasteiger partial charge in [0, 0.05) is 38.3 Å². The van der Waals surface area contributed by atoms with Gasteiger partial charge < -0.3 is 19.9 Å². The summed E-state index contributed by atoms with van der Waals surface area (Å²) < 4.78 is 10.5. The smallest absolute Gasteiger partial charge is 0.257 e. The summed E-state index contributed by atoms with van der Waals surface area (Å²) in [6.07, 6.45) is 0. The molecule has 1 aromatic heterocycles. The minimum atomic E-state index is -0.103. The first kappa shape index (κ1) is 23.4. The number of benzene rings is 1. The molecular weight excluding hydrogens is 415 g/mol. The number of nitrogens with two attached hydrogens (primary N) is 1. The van der Waals surface area contributed by atoms with Crippen molar-refractivity contribution in [3.63, 3.8) is 0 Å². The summed E-state index contributed by atoms with van der Waals surface area (Å²) in [4.78, 5) is 16.8. The first-order valence-electron chi connectivity index (χ1n) is 8.04. The van der Waals surface area contributed by atoms with Crippen molar-refractivity contribution in [2.24, 2.45) is 0 Å². The lowest BCUT2D eigenvalue weighted by molar-refractivity contribution is 0.0614. The zero-order valence-electron chi connectivity index (χ0n) is 15.1. The predicted octanol–water partition coefficient (Wildman–Crippen LogP) is 3.03. The molecule has 2 aromatic rings. The molecule has 7 nitrogen and oxygen atoms in total. The Hall–Kier alpha value is -1.67. The van der Waals surface area contributed by atoms with E-state index in [4.69, 9.17) is 26.6 Å². The van der Waals surface area contributed by atoms with Crippen molar-refractivity contribution in [2.45, 2.75) is 13.5 Å². The zero-order valence-corrected chi connectivity index (χ0v) is 17.5. The van der Waals surface area contributed by atoms with Gasteiger partial charge in [-0.05, 0) is 13.0 Å². The van der Waals surface area contributed by atoms with Gasteiger partial charge in [-0.2, -0.15) is 0 Å². The number of methoxy groups -OCH3 is 1. The number of hydrogen-bond acceptors (Lipinski definition) is 6. The maximum Gasteiger partial charge on any atom is 0.257 e. The third-order valence-corrected chi connectivity index (χ3v) is 4.59. The number of rotatable bonds is 4. The average molecular weight is 438 g/mol. The van der Waals surface area contributed by atoms with E-state index in [0.29, 0.717) is 41.7 Å². The standard InChI is InChI=1S/C17H21ClN4O3.2ClH/c1-11-7-12(25-20-11)10-21-3-5-22(6-4-21)17(23)13-8-14(18)15(19)9-16(13)24-2;;/h7-9H,3-6,10,19H2,1-2H3;2*1H. The Morgan fingerprint density at radius 2 is 1.93 bits per heavy atom. The third-order valence-electron chi connectivity index (χ3n) is 4.26. The Balaban J connectivity index is 0.00000182. The predicted molar refractivity (Wildman–Crippen MR) is 109 cm³/mol. The first-order chi connectivity index (χ1) is 12.0. The summed E-state index contributed by atoms with van der Waals surface area (Å²) in [6, 6.07) is 5.08. The Morgan fingerprint density at radius 3 is 2.48 bits per heavy atom. The van der Waals surface area contributed by atoms with Crippen molar-refractivity contribution in [1.29, 1.82) is 0 Å². The van der Waals surface area contributed by atoms with Gasteiger partial charge in [-0.25, -0.2) is 0 Å². The van der Waals surface area contributed by atoms with Crippen LogP contribution in [0.1, 0.15) is 21.8 Å². The van der Waals surface area contributed by atoms with Crippen LogP contribution in [0.4, 0.5) is 5.69 Å². The molecule has 1 aliphatic heterocycles. The van der Waals surface area contributed by atoms with Crippen LogP contribution in [0.2, 0.25) is 5.02 Å². The van der Waals surface area contributed by atoms with Crippen molar-refractivity contribution in [3.05, 3.63) is 40.2 Å². The van der Waals surface area contributed by atoms with Crippen LogP contribution in [-0.2, 0) is 6.54 Å². The fourth-order valence-electron chi connectivity index (χ4n) is 2.90. The van der Waals surface area contributed by atoms with Crippen molar-refractivity contribution in [2.75, 3.05) is 39.0 Å². The Labute approximate surface area is 175 Å². The number of carbonyl (C=O) groups is 1. The van der Waals surface area contributed by atoms with Gasteiger partial charge in [0.15, 0.2) is 5.76 Å². The lowest BCUT2D eigenvalue weighted by Gasteiger charge is -2.34. The fraction of sp³-hybridized carbons (Fsp3) is 0.412. The largest absolute Gasteiger partial charge is 0.496 e. The molecule has 3 rings (SSSR count). The molecule has 1 fully saturated rings. The number of ether oxygens (including phenoxy) is 1. The van der Waals surface area contributed by atoms with E-state index in [1.54, 1.807) is 17.0 Å². The van der Waals surface area contributed by atoms with Crippen LogP contribution >= 0.6 is 36.4 Å². The third kappa shape index (κ3) is 5.42. The fourth-order valence-corrected chi connectivity index (χ4v) is 3.06. The number of aromatic nitrogens is 1. The van der Waals surface area contributed by atoms with Gasteiger partial charge in [0.25, 0.3) is 5.91 Å². The second kappa shape index (κ2) is 10.0. The van der Waals surface area contributed by atoms with Crippen LogP contribution in [-0.4, -0.2) is 54.2 Å². The molecular formula is C17H23Cl3N4O3. The average Bonchev–Trinajstić information content (AvgIpc) is 3.02. The van der Waals surface area contributed by atoms with E-state index >= 15 is 0 Å². The summed E-state index contributed by atoms with van der Waals surface area (Å²) in [7, 11) is 1.51. The number of amides is 1. The highest BCUT2D eigenvalue weighted by Gasteiger charge is 2.25. The van der Waals surface area contributed by atoms with E-state index in [9.17, 15) is 4.79 Å². The SMILES string of the molecule is COc1cc(N)c(Cl)cc1C(=O)N1CCN(Cc2cc(C)no2)CC1.Cl.Cl. The highest BCUT2D eigenvalue weighted by Crippen LogP contribution is 2.30. The Kier molecular flexibility index (Phi) is 8.68. The Bertz CT molecular complexity index is 777. The monoisotopic (exact) mass is 436 g/mol. The van der Waals surface area contributed by atoms with E-state index in [1.807, 2.05) is 13.0 Å². The van der Waals surface area contributed by atoms with Gasteiger partial charge in [0.05, 0.1) is 35.6 Å². The summed E-state index contributed by atoms with van der Waals surface area (Å²) >= 11 is 6.07. The molecule has 0 bridgehead atoms. The number of nitrogens with zero attached hydrogens (tertiary/aromatic N) is 3. The number of hydrogen-bond donors (Lipinski definition) is 1. The molecule has 0 spiro atoms. The van der Waals surface area contributed by atoms with Gasteiger partial charge >= 0.3 is 0 Å². The molecule has 2 N–H and O–H groups in total. The van der Waals surface area contributed by atoms with Crippen LogP contribution < -0.4 is 10.5 Å². The summed E-state index contributed by atoms with van der Waals surface area (Å²) in [6.45, 7) is 5.36. The van der Waals surface area contributed by atoms with Gasteiger partial charge in [-0.3, -0.25) is 9.69 Å². The normalized spacial score (nSPS) is 14.3. The molecule has 0 saturated carbocycles. The summed E-state index contributed by atoms with van der Waals surface area (Å²) in [5.74, 6) is 1.17. The van der Waals surface area contributed by atoms with E-state index < -0.39 is 0 Å². The van der Waals surface area contributed by atoms with Crippen molar-refractivity contribution in [1.82, 2.24) is 15.0 Å². The van der Waals surface area contributed by atoms with Crippen LogP contribution in [0, 0.1) is 6.92 Å². The van der Waals surface area contributed by atoms with Gasteiger partial charge in [0.2, 0.25) is 0 Å². The van der Waals surface area contributed by atoms with E-state index in [0.717, 1.165) is 24.5 Å². The van der Waals surface area contributed by atoms with Crippen LogP contribution in [0.5, 0.6) is 5.75 Å². The molecule has 1 aliphatic rings. The minimum Gasteiger partial charge on any atom is -0.496 e. The quantitative estimate of drug-likeness (QED) is 0.740. The first-order valence-corrected chi connectivity index (χ1v) is 8.42. The van der Waals surface area contributed by atoms with Crippen molar-refractivity contribution >= 4 is 48.0 Å². The number of nitrogen functional groups attached to an aromatic ring is 1. The van der Waals surface area contributed by atoms with Crippen molar-refractivity contribution < 1.29 is 14.1 Å². The number of carbonyl (C=O) groups excluding carboxylic acids is 1. The topological polar surface area (TPSA) is 84.8 Å². The molecule has 1 saturated heterocycles. The minimum absolute atomic E-state index is 0. The number of piperazine rings is 1. The summed E-state index contributed by atoms with van der Waals surface area (Å²) in [5, 5.41) is 4.25. The molecule has 1 aromatic carbocycles. The maximum absolute atomic E-state index is 12.8. The molecule has 0 atom stereocenters. The molecule has 0 radical (unpaired) electrons. The second-order valence-corrected chi connectivity index (χ2v) is 6.48. The van der Waals surface area contributed by atoms with Crippen LogP contribution in [0.25, 0.3) is 0 Å².